The molecule has 4 rings (SSSR count). The molecule has 2 heterocycles. The number of carbonyl (C=O) groups excluding carboxylic acids is 1. The van der Waals surface area contributed by atoms with E-state index in [0.29, 0.717) is 35.4 Å². The second kappa shape index (κ2) is 9.92. The minimum atomic E-state index is -1.18. The Balaban J connectivity index is 1.33. The molecule has 3 aromatic rings. The quantitative estimate of drug-likeness (QED) is 0.511. The maximum Gasteiger partial charge on any atom is 0.289 e. The van der Waals surface area contributed by atoms with E-state index in [2.05, 4.69) is 36.9 Å². The van der Waals surface area contributed by atoms with Gasteiger partial charge in [0.15, 0.2) is 5.76 Å². The number of hydrogen-bond donors (Lipinski definition) is 0. The lowest BCUT2D eigenvalue weighted by Crippen LogP contribution is -2.49. The van der Waals surface area contributed by atoms with Crippen LogP contribution in [0.1, 0.15) is 33.0 Å². The van der Waals surface area contributed by atoms with Gasteiger partial charge < -0.3 is 14.2 Å². The Kier molecular flexibility index (Phi) is 7.01. The van der Waals surface area contributed by atoms with Gasteiger partial charge in [-0.05, 0) is 54.8 Å². The lowest BCUT2D eigenvalue weighted by Gasteiger charge is -2.36. The van der Waals surface area contributed by atoms with E-state index in [1.165, 1.54) is 16.8 Å². The number of piperazine rings is 1. The number of anilines is 1. The first kappa shape index (κ1) is 22.6. The first-order valence-corrected chi connectivity index (χ1v) is 12.6. The first-order valence-electron chi connectivity index (χ1n) is 10.7. The predicted molar refractivity (Wildman–Crippen MR) is 130 cm³/mol. The molecule has 7 heteroatoms. The summed E-state index contributed by atoms with van der Waals surface area (Å²) in [6, 6.07) is 17.1. The molecule has 0 bridgehead atoms. The summed E-state index contributed by atoms with van der Waals surface area (Å²) >= 11 is 6.16. The number of nitrogens with zero attached hydrogens (tertiary/aromatic N) is 2. The number of aryl methyl sites for hydroxylation is 1. The lowest BCUT2D eigenvalue weighted by molar-refractivity contribution is 0.0713. The van der Waals surface area contributed by atoms with Gasteiger partial charge in [-0.2, -0.15) is 0 Å². The highest BCUT2D eigenvalue weighted by atomic mass is 35.5. The molecule has 1 unspecified atom stereocenters. The van der Waals surface area contributed by atoms with Crippen LogP contribution in [0.5, 0.6) is 0 Å². The van der Waals surface area contributed by atoms with E-state index < -0.39 is 10.8 Å². The normalized spacial score (nSPS) is 15.1. The van der Waals surface area contributed by atoms with Gasteiger partial charge in [0.1, 0.15) is 5.76 Å². The molecule has 1 aromatic heterocycles. The molecule has 1 saturated heterocycles. The monoisotopic (exact) mass is 470 g/mol. The standard InChI is InChI=1S/C25H27ClN2O3S/c1-18-6-5-9-23(19(18)2)27-12-14-28(15-13-27)25(29)24-11-10-21(31-24)17-32(30)16-20-7-3-4-8-22(20)26/h3-11H,12-17H2,1-2H3. The summed E-state index contributed by atoms with van der Waals surface area (Å²) in [4.78, 5) is 17.1. The number of rotatable bonds is 6. The molecule has 2 aromatic carbocycles. The molecule has 1 aliphatic rings. The Morgan fingerprint density at radius 1 is 0.969 bits per heavy atom. The zero-order valence-electron chi connectivity index (χ0n) is 18.3. The summed E-state index contributed by atoms with van der Waals surface area (Å²) in [5, 5.41) is 0.608. The van der Waals surface area contributed by atoms with E-state index in [1.54, 1.807) is 18.2 Å². The second-order valence-electron chi connectivity index (χ2n) is 8.08. The van der Waals surface area contributed by atoms with Crippen LogP contribution in [0.4, 0.5) is 5.69 Å². The molecule has 32 heavy (non-hydrogen) atoms. The van der Waals surface area contributed by atoms with E-state index in [-0.39, 0.29) is 11.7 Å². The SMILES string of the molecule is Cc1cccc(N2CCN(C(=O)c3ccc(CS(=O)Cc4ccccc4Cl)o3)CC2)c1C. The average Bonchev–Trinajstić information content (AvgIpc) is 3.25. The summed E-state index contributed by atoms with van der Waals surface area (Å²) in [5.74, 6) is 1.33. The van der Waals surface area contributed by atoms with Crippen molar-refractivity contribution in [3.8, 4) is 0 Å². The van der Waals surface area contributed by atoms with Crippen molar-refractivity contribution < 1.29 is 13.4 Å². The second-order valence-corrected chi connectivity index (χ2v) is 9.95. The number of furan rings is 1. The van der Waals surface area contributed by atoms with E-state index in [9.17, 15) is 9.00 Å². The maximum atomic E-state index is 12.9. The molecule has 5 nitrogen and oxygen atoms in total. The summed E-state index contributed by atoms with van der Waals surface area (Å²) in [6.07, 6.45) is 0. The molecular weight excluding hydrogens is 444 g/mol. The van der Waals surface area contributed by atoms with Gasteiger partial charge in [-0.1, -0.05) is 41.9 Å². The van der Waals surface area contributed by atoms with Crippen molar-refractivity contribution in [3.63, 3.8) is 0 Å². The third-order valence-electron chi connectivity index (χ3n) is 5.93. The molecule has 1 amide bonds. The van der Waals surface area contributed by atoms with Crippen LogP contribution in [0.25, 0.3) is 0 Å². The van der Waals surface area contributed by atoms with Gasteiger partial charge in [-0.15, -0.1) is 0 Å². The number of benzene rings is 2. The minimum absolute atomic E-state index is 0.117. The summed E-state index contributed by atoms with van der Waals surface area (Å²) in [6.45, 7) is 7.11. The van der Waals surface area contributed by atoms with Crippen molar-refractivity contribution in [1.29, 1.82) is 0 Å². The van der Waals surface area contributed by atoms with Crippen LogP contribution in [0.2, 0.25) is 5.02 Å². The van der Waals surface area contributed by atoms with Gasteiger partial charge in [0.2, 0.25) is 0 Å². The highest BCUT2D eigenvalue weighted by molar-refractivity contribution is 7.83. The van der Waals surface area contributed by atoms with Crippen LogP contribution in [0, 0.1) is 13.8 Å². The van der Waals surface area contributed by atoms with E-state index >= 15 is 0 Å². The molecule has 1 aliphatic heterocycles. The first-order chi connectivity index (χ1) is 15.4. The van der Waals surface area contributed by atoms with Crippen LogP contribution in [0.3, 0.4) is 0 Å². The molecule has 1 atom stereocenters. The number of amides is 1. The Morgan fingerprint density at radius 3 is 2.47 bits per heavy atom. The largest absolute Gasteiger partial charge is 0.455 e. The Morgan fingerprint density at radius 2 is 1.72 bits per heavy atom. The number of hydrogen-bond acceptors (Lipinski definition) is 4. The van der Waals surface area contributed by atoms with Gasteiger partial charge in [0.05, 0.1) is 11.5 Å². The molecule has 0 spiro atoms. The van der Waals surface area contributed by atoms with Gasteiger partial charge in [0, 0.05) is 47.7 Å². The van der Waals surface area contributed by atoms with Crippen molar-refractivity contribution in [2.24, 2.45) is 0 Å². The Labute approximate surface area is 196 Å². The van der Waals surface area contributed by atoms with Crippen molar-refractivity contribution in [2.45, 2.75) is 25.4 Å². The number of carbonyl (C=O) groups is 1. The van der Waals surface area contributed by atoms with Crippen molar-refractivity contribution in [1.82, 2.24) is 4.90 Å². The minimum Gasteiger partial charge on any atom is -0.455 e. The molecule has 0 radical (unpaired) electrons. The lowest BCUT2D eigenvalue weighted by atomic mass is 10.1. The fourth-order valence-electron chi connectivity index (χ4n) is 3.95. The van der Waals surface area contributed by atoms with E-state index in [4.69, 9.17) is 16.0 Å². The Bertz CT molecular complexity index is 1140. The summed E-state index contributed by atoms with van der Waals surface area (Å²) in [7, 11) is -1.18. The third kappa shape index (κ3) is 5.08. The van der Waals surface area contributed by atoms with Gasteiger partial charge in [0.25, 0.3) is 5.91 Å². The Hall–Kier alpha value is -2.57. The van der Waals surface area contributed by atoms with Gasteiger partial charge >= 0.3 is 0 Å². The van der Waals surface area contributed by atoms with E-state index in [0.717, 1.165) is 18.7 Å². The predicted octanol–water partition coefficient (Wildman–Crippen LogP) is 4.96. The van der Waals surface area contributed by atoms with Crippen molar-refractivity contribution in [2.75, 3.05) is 31.1 Å². The zero-order valence-corrected chi connectivity index (χ0v) is 19.9. The van der Waals surface area contributed by atoms with Crippen LogP contribution >= 0.6 is 11.6 Å². The van der Waals surface area contributed by atoms with Gasteiger partial charge in [-0.25, -0.2) is 0 Å². The van der Waals surface area contributed by atoms with Crippen LogP contribution in [-0.2, 0) is 22.3 Å². The summed E-state index contributed by atoms with van der Waals surface area (Å²) in [5.41, 5.74) is 4.64. The van der Waals surface area contributed by atoms with Gasteiger partial charge in [-0.3, -0.25) is 9.00 Å². The molecule has 1 fully saturated rings. The van der Waals surface area contributed by atoms with Crippen LogP contribution < -0.4 is 4.90 Å². The van der Waals surface area contributed by atoms with E-state index in [1.807, 2.05) is 23.1 Å². The smallest absolute Gasteiger partial charge is 0.289 e. The van der Waals surface area contributed by atoms with Crippen molar-refractivity contribution in [3.05, 3.63) is 87.8 Å². The maximum absolute atomic E-state index is 12.9. The van der Waals surface area contributed by atoms with Crippen LogP contribution in [-0.4, -0.2) is 41.2 Å². The molecule has 0 N–H and O–H groups in total. The van der Waals surface area contributed by atoms with Crippen LogP contribution in [0.15, 0.2) is 59.0 Å². The topological polar surface area (TPSA) is 53.8 Å². The average molecular weight is 471 g/mol. The third-order valence-corrected chi connectivity index (χ3v) is 7.54. The highest BCUT2D eigenvalue weighted by Crippen LogP contribution is 2.25. The molecule has 0 aliphatic carbocycles. The number of halogens is 1. The summed E-state index contributed by atoms with van der Waals surface area (Å²) < 4.78 is 18.3. The molecular formula is C25H27ClN2O3S. The fraction of sp³-hybridized carbons (Fsp3) is 0.320. The zero-order chi connectivity index (χ0) is 22.7. The fourth-order valence-corrected chi connectivity index (χ4v) is 5.41. The molecule has 168 valence electrons. The highest BCUT2D eigenvalue weighted by Gasteiger charge is 2.25. The molecule has 0 saturated carbocycles. The van der Waals surface area contributed by atoms with Crippen molar-refractivity contribution >= 4 is 34.0 Å².